The zero-order valence-electron chi connectivity index (χ0n) is 21.6. The molecule has 4 aromatic rings. The molecule has 1 aliphatic rings. The lowest BCUT2D eigenvalue weighted by molar-refractivity contribution is -0.116. The van der Waals surface area contributed by atoms with E-state index in [4.69, 9.17) is 17.3 Å². The van der Waals surface area contributed by atoms with Crippen LogP contribution in [0.25, 0.3) is 27.8 Å². The average Bonchev–Trinajstić information content (AvgIpc) is 2.94. The molecule has 0 spiro atoms. The van der Waals surface area contributed by atoms with E-state index in [1.807, 2.05) is 24.3 Å². The minimum Gasteiger partial charge on any atom is -0.453 e. The van der Waals surface area contributed by atoms with Crippen LogP contribution in [0.2, 0.25) is 5.02 Å². The summed E-state index contributed by atoms with van der Waals surface area (Å²) in [4.78, 5) is 29.2. The molecule has 1 aliphatic heterocycles. The normalized spacial score (nSPS) is 13.2. The molecule has 7 nitrogen and oxygen atoms in total. The number of aromatic nitrogens is 1. The highest BCUT2D eigenvalue weighted by molar-refractivity contribution is 6.31. The van der Waals surface area contributed by atoms with Gasteiger partial charge in [0.15, 0.2) is 0 Å². The number of hydrogen-bond acceptors (Lipinski definition) is 5. The van der Waals surface area contributed by atoms with Crippen LogP contribution in [0.5, 0.6) is 0 Å². The summed E-state index contributed by atoms with van der Waals surface area (Å²) in [5, 5.41) is 6.07. The monoisotopic (exact) mass is 556 g/mol. The summed E-state index contributed by atoms with van der Waals surface area (Å²) in [6, 6.07) is 18.8. The molecule has 2 bridgehead atoms. The standard InChI is InChI=1S/C31H26ClFN4O3/c1-40-31(39)36-23-8-9-25-20-12-19(13-22(33)14-20)24(4-2-3-5-30(38)37-29(25)16-23)28-11-6-18(17-35-28)26-15-21(32)7-10-27(26)34/h4,6-17H,2-3,5,34H2,1H3,(H,36,39)(H,37,38). The van der Waals surface area contributed by atoms with Crippen molar-refractivity contribution < 1.29 is 18.7 Å². The molecule has 202 valence electrons. The molecule has 2 amide bonds. The van der Waals surface area contributed by atoms with Crippen molar-refractivity contribution in [3.8, 4) is 22.3 Å². The number of benzene rings is 3. The van der Waals surface area contributed by atoms with Gasteiger partial charge in [0.1, 0.15) is 5.82 Å². The minimum atomic E-state index is -0.640. The molecule has 2 heterocycles. The third kappa shape index (κ3) is 5.97. The van der Waals surface area contributed by atoms with E-state index in [9.17, 15) is 9.59 Å². The number of pyridine rings is 1. The maximum absolute atomic E-state index is 15.1. The van der Waals surface area contributed by atoms with E-state index in [-0.39, 0.29) is 12.3 Å². The van der Waals surface area contributed by atoms with Crippen molar-refractivity contribution in [2.45, 2.75) is 19.3 Å². The Morgan fingerprint density at radius 1 is 1.02 bits per heavy atom. The van der Waals surface area contributed by atoms with Gasteiger partial charge in [-0.25, -0.2) is 9.18 Å². The largest absolute Gasteiger partial charge is 0.453 e. The molecule has 9 heteroatoms. The van der Waals surface area contributed by atoms with Crippen molar-refractivity contribution in [1.82, 2.24) is 4.98 Å². The van der Waals surface area contributed by atoms with Gasteiger partial charge in [-0.05, 0) is 78.6 Å². The number of ether oxygens (including phenoxy) is 1. The zero-order chi connectivity index (χ0) is 28.2. The van der Waals surface area contributed by atoms with Crippen LogP contribution < -0.4 is 16.4 Å². The molecular formula is C31H26ClFN4O3. The number of nitrogens with two attached hydrogens (primary N) is 1. The van der Waals surface area contributed by atoms with E-state index in [0.29, 0.717) is 57.3 Å². The Hall–Kier alpha value is -4.69. The van der Waals surface area contributed by atoms with Gasteiger partial charge in [0.25, 0.3) is 0 Å². The predicted molar refractivity (Wildman–Crippen MR) is 157 cm³/mol. The van der Waals surface area contributed by atoms with E-state index < -0.39 is 11.9 Å². The van der Waals surface area contributed by atoms with Gasteiger partial charge in [0.05, 0.1) is 18.5 Å². The first-order valence-electron chi connectivity index (χ1n) is 12.6. The molecule has 0 unspecified atom stereocenters. The highest BCUT2D eigenvalue weighted by atomic mass is 35.5. The number of anilines is 3. The van der Waals surface area contributed by atoms with Crippen molar-refractivity contribution in [3.05, 3.63) is 101 Å². The Morgan fingerprint density at radius 2 is 1.85 bits per heavy atom. The summed E-state index contributed by atoms with van der Waals surface area (Å²) < 4.78 is 19.7. The second-order valence-corrected chi connectivity index (χ2v) is 9.76. The molecule has 0 radical (unpaired) electrons. The van der Waals surface area contributed by atoms with Gasteiger partial charge in [-0.1, -0.05) is 29.8 Å². The lowest BCUT2D eigenvalue weighted by Gasteiger charge is -2.17. The van der Waals surface area contributed by atoms with E-state index >= 15 is 4.39 Å². The van der Waals surface area contributed by atoms with Gasteiger partial charge >= 0.3 is 6.09 Å². The number of nitrogens with one attached hydrogen (secondary N) is 2. The minimum absolute atomic E-state index is 0.190. The summed E-state index contributed by atoms with van der Waals surface area (Å²) in [6.45, 7) is 0. The summed E-state index contributed by atoms with van der Waals surface area (Å²) in [7, 11) is 1.26. The maximum atomic E-state index is 15.1. The Labute approximate surface area is 235 Å². The van der Waals surface area contributed by atoms with Crippen molar-refractivity contribution >= 4 is 46.2 Å². The van der Waals surface area contributed by atoms with E-state index in [2.05, 4.69) is 20.4 Å². The van der Waals surface area contributed by atoms with E-state index in [1.54, 1.807) is 42.6 Å². The molecule has 4 N–H and O–H groups in total. The maximum Gasteiger partial charge on any atom is 0.411 e. The topological polar surface area (TPSA) is 106 Å². The van der Waals surface area contributed by atoms with Crippen LogP contribution in [0, 0.1) is 5.82 Å². The van der Waals surface area contributed by atoms with Gasteiger partial charge in [-0.15, -0.1) is 0 Å². The smallest absolute Gasteiger partial charge is 0.411 e. The molecule has 0 aliphatic carbocycles. The molecule has 0 fully saturated rings. The van der Waals surface area contributed by atoms with Gasteiger partial charge < -0.3 is 15.8 Å². The SMILES string of the molecule is COC(=O)Nc1ccc2c(c1)NC(=O)CCCC=C(c1ccc(-c3cc(Cl)ccc3N)cn1)c1cc(F)cc-2c1. The Kier molecular flexibility index (Phi) is 7.79. The van der Waals surface area contributed by atoms with Crippen LogP contribution in [0.4, 0.5) is 26.2 Å². The van der Waals surface area contributed by atoms with Crippen molar-refractivity contribution in [3.63, 3.8) is 0 Å². The zero-order valence-corrected chi connectivity index (χ0v) is 22.4. The van der Waals surface area contributed by atoms with Crippen molar-refractivity contribution in [2.24, 2.45) is 0 Å². The Bertz CT molecular complexity index is 1640. The number of nitrogens with zero attached hydrogens (tertiary/aromatic N) is 1. The van der Waals surface area contributed by atoms with Crippen molar-refractivity contribution in [2.75, 3.05) is 23.5 Å². The third-order valence-corrected chi connectivity index (χ3v) is 6.80. The van der Waals surface area contributed by atoms with Crippen LogP contribution in [0.15, 0.2) is 79.0 Å². The number of allylic oxidation sites excluding steroid dienone is 1. The number of amides is 2. The van der Waals surface area contributed by atoms with Crippen molar-refractivity contribution in [1.29, 1.82) is 0 Å². The molecule has 5 rings (SSSR count). The quantitative estimate of drug-likeness (QED) is 0.226. The number of halogens is 2. The summed E-state index contributed by atoms with van der Waals surface area (Å²) in [5.41, 5.74) is 12.4. The van der Waals surface area contributed by atoms with Gasteiger partial charge in [0, 0.05) is 51.3 Å². The summed E-state index contributed by atoms with van der Waals surface area (Å²) in [6.07, 6.45) is 4.49. The first-order valence-corrected chi connectivity index (χ1v) is 13.0. The summed E-state index contributed by atoms with van der Waals surface area (Å²) in [5.74, 6) is -0.627. The fraction of sp³-hybridized carbons (Fsp3) is 0.129. The highest BCUT2D eigenvalue weighted by Gasteiger charge is 2.17. The van der Waals surface area contributed by atoms with Gasteiger partial charge in [-0.3, -0.25) is 15.1 Å². The molecular weight excluding hydrogens is 531 g/mol. The lowest BCUT2D eigenvalue weighted by Crippen LogP contribution is -2.14. The van der Waals surface area contributed by atoms with E-state index in [1.165, 1.54) is 19.2 Å². The van der Waals surface area contributed by atoms with Crippen LogP contribution in [-0.2, 0) is 9.53 Å². The third-order valence-electron chi connectivity index (χ3n) is 6.57. The Morgan fingerprint density at radius 3 is 2.62 bits per heavy atom. The fourth-order valence-corrected chi connectivity index (χ4v) is 4.80. The van der Waals surface area contributed by atoms with Gasteiger partial charge in [0.2, 0.25) is 5.91 Å². The van der Waals surface area contributed by atoms with Crippen LogP contribution in [0.1, 0.15) is 30.5 Å². The molecule has 0 saturated carbocycles. The number of fused-ring (bicyclic) bond motifs is 4. The first kappa shape index (κ1) is 26.9. The van der Waals surface area contributed by atoms with Crippen LogP contribution in [-0.4, -0.2) is 24.1 Å². The fourth-order valence-electron chi connectivity index (χ4n) is 4.63. The second-order valence-electron chi connectivity index (χ2n) is 9.33. The number of carbonyl (C=O) groups is 2. The number of carbonyl (C=O) groups excluding carboxylic acids is 2. The average molecular weight is 557 g/mol. The highest BCUT2D eigenvalue weighted by Crippen LogP contribution is 2.36. The number of hydrogen-bond donors (Lipinski definition) is 3. The lowest BCUT2D eigenvalue weighted by atomic mass is 9.94. The molecule has 40 heavy (non-hydrogen) atoms. The van der Waals surface area contributed by atoms with E-state index in [0.717, 1.165) is 16.7 Å². The molecule has 1 aromatic heterocycles. The van der Waals surface area contributed by atoms with Crippen LogP contribution >= 0.6 is 11.6 Å². The number of nitrogen functional groups attached to an aromatic ring is 1. The molecule has 3 aromatic carbocycles. The Balaban J connectivity index is 1.58. The molecule has 0 saturated heterocycles. The van der Waals surface area contributed by atoms with Gasteiger partial charge in [-0.2, -0.15) is 0 Å². The molecule has 0 atom stereocenters. The predicted octanol–water partition coefficient (Wildman–Crippen LogP) is 7.52. The second kappa shape index (κ2) is 11.6. The van der Waals surface area contributed by atoms with Crippen LogP contribution in [0.3, 0.4) is 0 Å². The number of rotatable bonds is 3. The summed E-state index contributed by atoms with van der Waals surface area (Å²) >= 11 is 6.17. The number of methoxy groups -OCH3 is 1. The first-order chi connectivity index (χ1) is 19.3.